The smallest absolute Gasteiger partial charge is 0.258 e. The third kappa shape index (κ3) is 4.14. The Labute approximate surface area is 146 Å². The van der Waals surface area contributed by atoms with Gasteiger partial charge in [0.25, 0.3) is 5.91 Å². The van der Waals surface area contributed by atoms with Crippen LogP contribution >= 0.6 is 15.9 Å². The van der Waals surface area contributed by atoms with E-state index in [0.717, 1.165) is 4.47 Å². The first-order valence-electron chi connectivity index (χ1n) is 7.02. The first-order chi connectivity index (χ1) is 11.6. The van der Waals surface area contributed by atoms with Crippen molar-refractivity contribution < 1.29 is 9.18 Å². The van der Waals surface area contributed by atoms with Gasteiger partial charge in [0.2, 0.25) is 5.95 Å². The lowest BCUT2D eigenvalue weighted by molar-refractivity contribution is 0.102. The second-order valence-corrected chi connectivity index (χ2v) is 5.81. The van der Waals surface area contributed by atoms with E-state index >= 15 is 0 Å². The molecule has 0 atom stereocenters. The molecule has 2 aromatic carbocycles. The van der Waals surface area contributed by atoms with Crippen molar-refractivity contribution in [3.8, 4) is 0 Å². The first-order valence-corrected chi connectivity index (χ1v) is 7.81. The van der Waals surface area contributed by atoms with E-state index in [2.05, 4.69) is 36.5 Å². The normalized spacial score (nSPS) is 10.2. The van der Waals surface area contributed by atoms with E-state index in [1.165, 1.54) is 24.5 Å². The lowest BCUT2D eigenvalue weighted by Gasteiger charge is -2.07. The summed E-state index contributed by atoms with van der Waals surface area (Å²) in [6.45, 7) is 0. The number of nitrogens with one attached hydrogen (secondary N) is 2. The van der Waals surface area contributed by atoms with Crippen LogP contribution in [0.15, 0.2) is 65.4 Å². The summed E-state index contributed by atoms with van der Waals surface area (Å²) in [6, 6.07) is 13.2. The number of benzene rings is 2. The van der Waals surface area contributed by atoms with E-state index < -0.39 is 0 Å². The number of carbonyl (C=O) groups is 1. The Hall–Kier alpha value is -2.80. The molecule has 0 aliphatic carbocycles. The number of hydrogen-bond donors (Lipinski definition) is 2. The van der Waals surface area contributed by atoms with Crippen molar-refractivity contribution in [2.24, 2.45) is 0 Å². The van der Waals surface area contributed by atoms with Gasteiger partial charge in [-0.3, -0.25) is 4.79 Å². The van der Waals surface area contributed by atoms with Crippen LogP contribution in [-0.4, -0.2) is 15.9 Å². The minimum absolute atomic E-state index is 0.279. The van der Waals surface area contributed by atoms with Crippen LogP contribution in [-0.2, 0) is 0 Å². The number of anilines is 3. The second kappa shape index (κ2) is 7.18. The summed E-state index contributed by atoms with van der Waals surface area (Å²) < 4.78 is 14.1. The highest BCUT2D eigenvalue weighted by molar-refractivity contribution is 9.10. The van der Waals surface area contributed by atoms with E-state index in [1.54, 1.807) is 24.3 Å². The van der Waals surface area contributed by atoms with E-state index in [4.69, 9.17) is 0 Å². The quantitative estimate of drug-likeness (QED) is 0.698. The minimum Gasteiger partial charge on any atom is -0.324 e. The summed E-state index contributed by atoms with van der Waals surface area (Å²) in [6.07, 6.45) is 2.81. The molecule has 0 aliphatic heterocycles. The topological polar surface area (TPSA) is 66.9 Å². The van der Waals surface area contributed by atoms with E-state index in [-0.39, 0.29) is 17.7 Å². The van der Waals surface area contributed by atoms with Gasteiger partial charge in [-0.15, -0.1) is 0 Å². The van der Waals surface area contributed by atoms with Crippen molar-refractivity contribution in [2.75, 3.05) is 10.6 Å². The molecule has 2 N–H and O–H groups in total. The zero-order valence-electron chi connectivity index (χ0n) is 12.3. The molecule has 0 fully saturated rings. The fourth-order valence-electron chi connectivity index (χ4n) is 1.94. The van der Waals surface area contributed by atoms with Crippen LogP contribution in [0, 0.1) is 5.82 Å². The SMILES string of the molecule is O=C(Nc1ccc(Br)cc1)c1cnc(Nc2cccc(F)c2)nc1. The third-order valence-electron chi connectivity index (χ3n) is 3.10. The van der Waals surface area contributed by atoms with E-state index in [9.17, 15) is 9.18 Å². The molecule has 120 valence electrons. The maximum Gasteiger partial charge on any atom is 0.258 e. The molecule has 0 radical (unpaired) electrons. The average Bonchev–Trinajstić information content (AvgIpc) is 2.57. The van der Waals surface area contributed by atoms with E-state index in [0.29, 0.717) is 16.9 Å². The number of rotatable bonds is 4. The van der Waals surface area contributed by atoms with Crippen LogP contribution in [0.3, 0.4) is 0 Å². The molecule has 0 spiro atoms. The molecule has 1 amide bonds. The fourth-order valence-corrected chi connectivity index (χ4v) is 2.21. The molecule has 1 aromatic heterocycles. The Balaban J connectivity index is 1.67. The van der Waals surface area contributed by atoms with Gasteiger partial charge < -0.3 is 10.6 Å². The van der Waals surface area contributed by atoms with Gasteiger partial charge in [-0.1, -0.05) is 22.0 Å². The molecular formula is C17H12BrFN4O. The molecule has 7 heteroatoms. The summed E-state index contributed by atoms with van der Waals surface area (Å²) in [7, 11) is 0. The molecule has 0 saturated carbocycles. The Kier molecular flexibility index (Phi) is 4.81. The Bertz CT molecular complexity index is 853. The Morgan fingerprint density at radius 3 is 2.38 bits per heavy atom. The molecule has 0 bridgehead atoms. The van der Waals surface area contributed by atoms with Crippen LogP contribution in [0.2, 0.25) is 0 Å². The van der Waals surface area contributed by atoms with Crippen molar-refractivity contribution in [3.05, 3.63) is 76.8 Å². The van der Waals surface area contributed by atoms with Crippen molar-refractivity contribution in [1.29, 1.82) is 0 Å². The molecule has 3 aromatic rings. The van der Waals surface area contributed by atoms with Crippen LogP contribution < -0.4 is 10.6 Å². The van der Waals surface area contributed by atoms with Gasteiger partial charge in [0.1, 0.15) is 5.82 Å². The first kappa shape index (κ1) is 16.1. The number of hydrogen-bond acceptors (Lipinski definition) is 4. The molecule has 0 aliphatic rings. The molecule has 5 nitrogen and oxygen atoms in total. The van der Waals surface area contributed by atoms with Crippen LogP contribution in [0.1, 0.15) is 10.4 Å². The van der Waals surface area contributed by atoms with Crippen LogP contribution in [0.25, 0.3) is 0 Å². The van der Waals surface area contributed by atoms with Gasteiger partial charge >= 0.3 is 0 Å². The lowest BCUT2D eigenvalue weighted by Crippen LogP contribution is -2.13. The largest absolute Gasteiger partial charge is 0.324 e. The molecule has 1 heterocycles. The van der Waals surface area contributed by atoms with Crippen molar-refractivity contribution in [3.63, 3.8) is 0 Å². The summed E-state index contributed by atoms with van der Waals surface area (Å²) in [4.78, 5) is 20.3. The average molecular weight is 387 g/mol. The van der Waals surface area contributed by atoms with Crippen LogP contribution in [0.4, 0.5) is 21.7 Å². The summed E-state index contributed by atoms with van der Waals surface area (Å²) in [5.74, 6) is -0.388. The number of carbonyl (C=O) groups excluding carboxylic acids is 1. The van der Waals surface area contributed by atoms with Gasteiger partial charge in [0, 0.05) is 28.2 Å². The number of halogens is 2. The molecule has 0 unspecified atom stereocenters. The van der Waals surface area contributed by atoms with Gasteiger partial charge in [-0.25, -0.2) is 14.4 Å². The summed E-state index contributed by atoms with van der Waals surface area (Å²) >= 11 is 3.33. The number of amides is 1. The standard InChI is InChI=1S/C17H12BrFN4O/c18-12-4-6-14(7-5-12)22-16(24)11-9-20-17(21-10-11)23-15-3-1-2-13(19)8-15/h1-10H,(H,22,24)(H,20,21,23). The Morgan fingerprint density at radius 2 is 1.71 bits per heavy atom. The maximum atomic E-state index is 13.1. The predicted octanol–water partition coefficient (Wildman–Crippen LogP) is 4.37. The van der Waals surface area contributed by atoms with Crippen molar-refractivity contribution in [2.45, 2.75) is 0 Å². The third-order valence-corrected chi connectivity index (χ3v) is 3.63. The minimum atomic E-state index is -0.356. The lowest BCUT2D eigenvalue weighted by atomic mass is 10.3. The Morgan fingerprint density at radius 1 is 1.00 bits per heavy atom. The zero-order chi connectivity index (χ0) is 16.9. The monoisotopic (exact) mass is 386 g/mol. The molecular weight excluding hydrogens is 375 g/mol. The zero-order valence-corrected chi connectivity index (χ0v) is 13.9. The van der Waals surface area contributed by atoms with Crippen molar-refractivity contribution in [1.82, 2.24) is 9.97 Å². The van der Waals surface area contributed by atoms with Crippen molar-refractivity contribution >= 4 is 39.2 Å². The maximum absolute atomic E-state index is 13.1. The highest BCUT2D eigenvalue weighted by atomic mass is 79.9. The van der Waals surface area contributed by atoms with Gasteiger partial charge in [0.05, 0.1) is 5.56 Å². The van der Waals surface area contributed by atoms with Crippen LogP contribution in [0.5, 0.6) is 0 Å². The number of aromatic nitrogens is 2. The fraction of sp³-hybridized carbons (Fsp3) is 0. The van der Waals surface area contributed by atoms with Gasteiger partial charge in [-0.05, 0) is 42.5 Å². The molecule has 24 heavy (non-hydrogen) atoms. The summed E-state index contributed by atoms with van der Waals surface area (Å²) in [5, 5.41) is 5.62. The highest BCUT2D eigenvalue weighted by Gasteiger charge is 2.08. The number of nitrogens with zero attached hydrogens (tertiary/aromatic N) is 2. The predicted molar refractivity (Wildman–Crippen MR) is 93.8 cm³/mol. The summed E-state index contributed by atoms with van der Waals surface area (Å²) in [5.41, 5.74) is 1.52. The molecule has 0 saturated heterocycles. The molecule has 3 rings (SSSR count). The second-order valence-electron chi connectivity index (χ2n) is 4.89. The van der Waals surface area contributed by atoms with E-state index in [1.807, 2.05) is 12.1 Å². The van der Waals surface area contributed by atoms with Gasteiger partial charge in [-0.2, -0.15) is 0 Å². The highest BCUT2D eigenvalue weighted by Crippen LogP contribution is 2.16. The van der Waals surface area contributed by atoms with Gasteiger partial charge in [0.15, 0.2) is 0 Å².